The van der Waals surface area contributed by atoms with Crippen molar-refractivity contribution in [3.05, 3.63) is 49.1 Å². The highest BCUT2D eigenvalue weighted by atomic mass is 14.2. The summed E-state index contributed by atoms with van der Waals surface area (Å²) >= 11 is 0. The molecule has 0 aromatic carbocycles. The number of hydrogen-bond acceptors (Lipinski definition) is 0. The lowest BCUT2D eigenvalue weighted by atomic mass is 9.81. The smallest absolute Gasteiger partial charge is 0.0288 e. The van der Waals surface area contributed by atoms with E-state index in [-0.39, 0.29) is 0 Å². The molecule has 0 aliphatic rings. The van der Waals surface area contributed by atoms with Crippen LogP contribution in [0.5, 0.6) is 0 Å². The van der Waals surface area contributed by atoms with Crippen molar-refractivity contribution in [1.29, 1.82) is 0 Å². The Hall–Kier alpha value is -1.04. The maximum absolute atomic E-state index is 4.49. The predicted octanol–water partition coefficient (Wildman–Crippen LogP) is 22.1. The van der Waals surface area contributed by atoms with Crippen molar-refractivity contribution < 1.29 is 0 Å². The average molecular weight is 826 g/mol. The molecule has 0 amide bonds. The van der Waals surface area contributed by atoms with Gasteiger partial charge in [0.05, 0.1) is 0 Å². The number of unbranched alkanes of at least 4 members (excludes halogenated alkanes) is 14. The molecule has 59 heavy (non-hydrogen) atoms. The molecule has 0 aromatic rings. The molecule has 0 spiro atoms. The number of allylic oxidation sites excluding steroid dienone is 5. The second-order valence-corrected chi connectivity index (χ2v) is 19.6. The predicted molar refractivity (Wildman–Crippen MR) is 278 cm³/mol. The maximum atomic E-state index is 4.49. The van der Waals surface area contributed by atoms with Gasteiger partial charge in [-0.25, -0.2) is 0 Å². The lowest BCUT2D eigenvalue weighted by Gasteiger charge is -2.25. The van der Waals surface area contributed by atoms with E-state index in [1.807, 2.05) is 6.92 Å². The van der Waals surface area contributed by atoms with Crippen molar-refractivity contribution in [1.82, 2.24) is 0 Å². The van der Waals surface area contributed by atoms with E-state index in [1.54, 1.807) is 6.08 Å². The van der Waals surface area contributed by atoms with Gasteiger partial charge >= 0.3 is 0 Å². The van der Waals surface area contributed by atoms with Crippen LogP contribution in [0.2, 0.25) is 0 Å². The molecule has 0 N–H and O–H groups in total. The second-order valence-electron chi connectivity index (χ2n) is 19.6. The average Bonchev–Trinajstić information content (AvgIpc) is 3.21. The van der Waals surface area contributed by atoms with Crippen LogP contribution in [0.15, 0.2) is 49.1 Å². The fraction of sp³-hybridized carbons (Fsp3) is 0.864. The van der Waals surface area contributed by atoms with Crippen LogP contribution in [0.1, 0.15) is 300 Å². The Morgan fingerprint density at radius 1 is 0.424 bits per heavy atom. The Labute approximate surface area is 377 Å². The molecular weight excluding hydrogens is 709 g/mol. The summed E-state index contributed by atoms with van der Waals surface area (Å²) in [6.07, 6.45) is 56.2. The minimum Gasteiger partial charge on any atom is -0.103 e. The lowest BCUT2D eigenvalue weighted by molar-refractivity contribution is 0.275. The Bertz CT molecular complexity index is 845. The van der Waals surface area contributed by atoms with Crippen LogP contribution in [0.25, 0.3) is 0 Å². The summed E-state index contributed by atoms with van der Waals surface area (Å²) in [5, 5.41) is 0. The maximum Gasteiger partial charge on any atom is -0.0288 e. The molecule has 0 saturated carbocycles. The van der Waals surface area contributed by atoms with Gasteiger partial charge in [0.15, 0.2) is 0 Å². The highest BCUT2D eigenvalue weighted by Crippen LogP contribution is 2.31. The molecule has 0 fully saturated rings. The molecule has 0 nitrogen and oxygen atoms in total. The molecule has 0 heteroatoms. The fourth-order valence-corrected chi connectivity index (χ4v) is 8.88. The van der Waals surface area contributed by atoms with Crippen molar-refractivity contribution >= 4 is 0 Å². The van der Waals surface area contributed by atoms with Gasteiger partial charge in [0, 0.05) is 0 Å². The summed E-state index contributed by atoms with van der Waals surface area (Å²) in [5.74, 6) is 4.57. The minimum atomic E-state index is 0.853. The van der Waals surface area contributed by atoms with E-state index in [4.69, 9.17) is 0 Å². The van der Waals surface area contributed by atoms with Crippen LogP contribution < -0.4 is 0 Å². The molecule has 0 bridgehead atoms. The third-order valence-electron chi connectivity index (χ3n) is 13.0. The van der Waals surface area contributed by atoms with E-state index in [0.29, 0.717) is 0 Å². The van der Waals surface area contributed by atoms with Gasteiger partial charge in [-0.1, -0.05) is 265 Å². The third kappa shape index (κ3) is 49.5. The molecule has 0 radical (unpaired) electrons. The highest BCUT2D eigenvalue weighted by molar-refractivity contribution is 4.97. The van der Waals surface area contributed by atoms with E-state index in [0.717, 1.165) is 29.6 Å². The normalized spacial score (nSPS) is 12.9. The van der Waals surface area contributed by atoms with Gasteiger partial charge in [0.1, 0.15) is 0 Å². The molecule has 0 rings (SSSR count). The van der Waals surface area contributed by atoms with Gasteiger partial charge in [0.2, 0.25) is 0 Å². The van der Waals surface area contributed by atoms with E-state index in [9.17, 15) is 0 Å². The Morgan fingerprint density at radius 3 is 1.29 bits per heavy atom. The first-order valence-electron chi connectivity index (χ1n) is 27.2. The van der Waals surface area contributed by atoms with Crippen LogP contribution >= 0.6 is 0 Å². The number of hydrogen-bond donors (Lipinski definition) is 0. The van der Waals surface area contributed by atoms with Gasteiger partial charge < -0.3 is 0 Å². The molecular formula is C59H116. The van der Waals surface area contributed by atoms with Gasteiger partial charge in [-0.2, -0.15) is 0 Å². The van der Waals surface area contributed by atoms with Crippen LogP contribution in [0.4, 0.5) is 0 Å². The standard InChI is InChI=1S/C53H102.C3H8.C3H6/c1-10-15-25-39-52(40-26-16-11-2)41-33-24-32-37-48(7)36-30-21-18-20-28-34-47(6)35-29-22-19-23-31-38-49(8)43-44-50(9)45-53(42-27-17-12-3)46-51(13-4)14-5;2*1-3-2/h24,33,47,50-53H,7-8,10-23,25-32,34-46H2,1-6,9H3;3H2,1-2H3;3H,1H2,2H3/b33-24-;;. The highest BCUT2D eigenvalue weighted by Gasteiger charge is 2.17. The fourth-order valence-electron chi connectivity index (χ4n) is 8.88. The summed E-state index contributed by atoms with van der Waals surface area (Å²) in [6, 6.07) is 0. The SMILES string of the molecule is C=C(CC/C=C\CC(CCCCC)CCCCC)CCCCCCCC(C)CCCCCCCC(=C)CCC(C)CC(CCCCC)CC(CC)CC.C=CC.CCC. The summed E-state index contributed by atoms with van der Waals surface area (Å²) < 4.78 is 0. The van der Waals surface area contributed by atoms with Crippen LogP contribution in [0.3, 0.4) is 0 Å². The number of rotatable bonds is 42. The van der Waals surface area contributed by atoms with Crippen molar-refractivity contribution in [2.24, 2.45) is 29.6 Å². The topological polar surface area (TPSA) is 0 Å². The molecule has 0 heterocycles. The first-order valence-corrected chi connectivity index (χ1v) is 27.2. The summed E-state index contributed by atoms with van der Waals surface area (Å²) in [7, 11) is 0. The van der Waals surface area contributed by atoms with E-state index < -0.39 is 0 Å². The van der Waals surface area contributed by atoms with Gasteiger partial charge in [-0.3, -0.25) is 0 Å². The van der Waals surface area contributed by atoms with Gasteiger partial charge in [0.25, 0.3) is 0 Å². The molecule has 352 valence electrons. The van der Waals surface area contributed by atoms with Crippen molar-refractivity contribution in [3.63, 3.8) is 0 Å². The van der Waals surface area contributed by atoms with Gasteiger partial charge in [-0.15, -0.1) is 6.58 Å². The summed E-state index contributed by atoms with van der Waals surface area (Å²) in [6.45, 7) is 35.2. The second kappa shape index (κ2) is 51.3. The van der Waals surface area contributed by atoms with Crippen LogP contribution in [-0.4, -0.2) is 0 Å². The molecule has 0 aromatic heterocycles. The monoisotopic (exact) mass is 825 g/mol. The van der Waals surface area contributed by atoms with Crippen LogP contribution in [-0.2, 0) is 0 Å². The minimum absolute atomic E-state index is 0.853. The molecule has 3 atom stereocenters. The van der Waals surface area contributed by atoms with E-state index in [1.165, 1.54) is 242 Å². The van der Waals surface area contributed by atoms with Crippen LogP contribution in [0, 0.1) is 29.6 Å². The molecule has 3 unspecified atom stereocenters. The van der Waals surface area contributed by atoms with E-state index >= 15 is 0 Å². The summed E-state index contributed by atoms with van der Waals surface area (Å²) in [4.78, 5) is 0. The first kappa shape index (κ1) is 62.3. The quantitative estimate of drug-likeness (QED) is 0.0425. The largest absolute Gasteiger partial charge is 0.103 e. The zero-order valence-corrected chi connectivity index (χ0v) is 43.2. The van der Waals surface area contributed by atoms with Gasteiger partial charge in [-0.05, 0) is 107 Å². The Balaban J connectivity index is -0.00000489. The Morgan fingerprint density at radius 2 is 0.831 bits per heavy atom. The molecule has 0 saturated heterocycles. The third-order valence-corrected chi connectivity index (χ3v) is 13.0. The first-order chi connectivity index (χ1) is 28.6. The molecule has 0 aliphatic heterocycles. The zero-order valence-electron chi connectivity index (χ0n) is 43.2. The Kier molecular flexibility index (Phi) is 54.1. The molecule has 0 aliphatic carbocycles. The van der Waals surface area contributed by atoms with Crippen molar-refractivity contribution in [3.8, 4) is 0 Å². The zero-order chi connectivity index (χ0) is 44.6. The summed E-state index contributed by atoms with van der Waals surface area (Å²) in [5.41, 5.74) is 3.00. The lowest BCUT2D eigenvalue weighted by Crippen LogP contribution is -2.12. The van der Waals surface area contributed by atoms with E-state index in [2.05, 4.69) is 94.2 Å². The van der Waals surface area contributed by atoms with Crippen molar-refractivity contribution in [2.75, 3.05) is 0 Å². The van der Waals surface area contributed by atoms with Crippen molar-refractivity contribution in [2.45, 2.75) is 300 Å².